The molecule has 1 aromatic heterocycles. The van der Waals surface area contributed by atoms with Crippen LogP contribution in [0.1, 0.15) is 23.7 Å². The third kappa shape index (κ3) is 3.69. The van der Waals surface area contributed by atoms with E-state index in [1.165, 1.54) is 11.1 Å². The Morgan fingerprint density at radius 3 is 2.70 bits per heavy atom. The highest BCUT2D eigenvalue weighted by Crippen LogP contribution is 2.31. The van der Waals surface area contributed by atoms with Gasteiger partial charge in [-0.1, -0.05) is 37.3 Å². The number of H-pyrrole nitrogens is 1. The van der Waals surface area contributed by atoms with Crippen molar-refractivity contribution in [3.8, 4) is 0 Å². The normalized spacial score (nSPS) is 15.9. The van der Waals surface area contributed by atoms with Gasteiger partial charge in [0.05, 0.1) is 22.6 Å². The molecule has 0 bridgehead atoms. The largest absolute Gasteiger partial charge is 0.397 e. The summed E-state index contributed by atoms with van der Waals surface area (Å²) in [7, 11) is 2.16. The fourth-order valence-electron chi connectivity index (χ4n) is 3.63. The van der Waals surface area contributed by atoms with E-state index in [1.54, 1.807) is 0 Å². The van der Waals surface area contributed by atoms with Crippen LogP contribution in [0, 0.1) is 0 Å². The predicted octanol–water partition coefficient (Wildman–Crippen LogP) is 3.63. The van der Waals surface area contributed by atoms with Crippen LogP contribution < -0.4 is 10.6 Å². The summed E-state index contributed by atoms with van der Waals surface area (Å²) >= 11 is 0. The zero-order chi connectivity index (χ0) is 18.8. The molecule has 2 aromatic carbocycles. The van der Waals surface area contributed by atoms with Crippen molar-refractivity contribution in [3.63, 3.8) is 0 Å². The number of aryl methyl sites for hydroxylation is 1. The van der Waals surface area contributed by atoms with Crippen molar-refractivity contribution >= 4 is 34.4 Å². The molecule has 4 rings (SSSR count). The van der Waals surface area contributed by atoms with Crippen molar-refractivity contribution in [2.75, 3.05) is 43.9 Å². The molecule has 0 spiro atoms. The summed E-state index contributed by atoms with van der Waals surface area (Å²) in [5, 5.41) is 8.73. The van der Waals surface area contributed by atoms with E-state index in [-0.39, 0.29) is 0 Å². The van der Waals surface area contributed by atoms with Gasteiger partial charge in [-0.05, 0) is 42.8 Å². The monoisotopic (exact) mass is 361 g/mol. The Morgan fingerprint density at radius 2 is 1.93 bits per heavy atom. The molecule has 2 heterocycles. The maximum atomic E-state index is 6.40. The Morgan fingerprint density at radius 1 is 1.11 bits per heavy atom. The fourth-order valence-corrected chi connectivity index (χ4v) is 3.63. The summed E-state index contributed by atoms with van der Waals surface area (Å²) in [5.74, 6) is 0. The lowest BCUT2D eigenvalue weighted by molar-refractivity contribution is 0.313. The molecule has 3 N–H and O–H groups in total. The van der Waals surface area contributed by atoms with E-state index in [9.17, 15) is 0 Å². The van der Waals surface area contributed by atoms with E-state index < -0.39 is 0 Å². The number of hydrogen-bond donors (Lipinski definition) is 2. The molecule has 1 aliphatic heterocycles. The first kappa shape index (κ1) is 17.6. The second-order valence-electron chi connectivity index (χ2n) is 7.29. The van der Waals surface area contributed by atoms with E-state index in [4.69, 9.17) is 5.73 Å². The molecule has 0 amide bonds. The molecular formula is C22H27N5. The SMILES string of the molecule is CCc1cccc(/C=C/c2n[nH]c3cc(N4CCN(C)CC4)c(N)cc23)c1. The van der Waals surface area contributed by atoms with Crippen LogP contribution in [0.4, 0.5) is 11.4 Å². The third-order valence-corrected chi connectivity index (χ3v) is 5.38. The van der Waals surface area contributed by atoms with Crippen LogP contribution in [0.2, 0.25) is 0 Å². The van der Waals surface area contributed by atoms with Crippen molar-refractivity contribution in [1.82, 2.24) is 15.1 Å². The van der Waals surface area contributed by atoms with Crippen molar-refractivity contribution < 1.29 is 0 Å². The zero-order valence-electron chi connectivity index (χ0n) is 16.1. The first-order valence-electron chi connectivity index (χ1n) is 9.62. The summed E-state index contributed by atoms with van der Waals surface area (Å²) in [6.45, 7) is 6.29. The number of nitrogens with two attached hydrogens (primary N) is 1. The number of aromatic amines is 1. The number of aromatic nitrogens is 2. The number of piperazine rings is 1. The second-order valence-corrected chi connectivity index (χ2v) is 7.29. The Bertz CT molecular complexity index is 964. The highest BCUT2D eigenvalue weighted by atomic mass is 15.3. The minimum absolute atomic E-state index is 0.816. The molecule has 1 fully saturated rings. The average molecular weight is 361 g/mol. The zero-order valence-corrected chi connectivity index (χ0v) is 16.1. The number of nitrogens with zero attached hydrogens (tertiary/aromatic N) is 3. The molecule has 0 unspecified atom stereocenters. The number of nitrogen functional groups attached to an aromatic ring is 1. The Labute approximate surface area is 160 Å². The molecule has 3 aromatic rings. The first-order chi connectivity index (χ1) is 13.1. The Kier molecular flexibility index (Phi) is 4.86. The Hall–Kier alpha value is -2.79. The maximum absolute atomic E-state index is 6.40. The van der Waals surface area contributed by atoms with Crippen LogP contribution in [0.3, 0.4) is 0 Å². The van der Waals surface area contributed by atoms with Crippen molar-refractivity contribution in [2.45, 2.75) is 13.3 Å². The number of nitrogens with one attached hydrogen (secondary N) is 1. The number of hydrogen-bond acceptors (Lipinski definition) is 4. The van der Waals surface area contributed by atoms with E-state index in [0.29, 0.717) is 0 Å². The summed E-state index contributed by atoms with van der Waals surface area (Å²) in [6, 6.07) is 12.8. The molecule has 0 saturated carbocycles. The topological polar surface area (TPSA) is 61.2 Å². The lowest BCUT2D eigenvalue weighted by Gasteiger charge is -2.34. The van der Waals surface area contributed by atoms with Gasteiger partial charge in [0.15, 0.2) is 0 Å². The smallest absolute Gasteiger partial charge is 0.0928 e. The minimum Gasteiger partial charge on any atom is -0.397 e. The molecule has 5 heteroatoms. The summed E-state index contributed by atoms with van der Waals surface area (Å²) in [4.78, 5) is 4.71. The molecular weight excluding hydrogens is 334 g/mol. The number of fused-ring (bicyclic) bond motifs is 1. The van der Waals surface area contributed by atoms with Crippen LogP contribution in [-0.2, 0) is 6.42 Å². The van der Waals surface area contributed by atoms with Crippen molar-refractivity contribution in [3.05, 3.63) is 53.2 Å². The van der Waals surface area contributed by atoms with Gasteiger partial charge in [0.2, 0.25) is 0 Å². The molecule has 5 nitrogen and oxygen atoms in total. The number of rotatable bonds is 4. The van der Waals surface area contributed by atoms with E-state index >= 15 is 0 Å². The van der Waals surface area contributed by atoms with Gasteiger partial charge in [-0.25, -0.2) is 0 Å². The Balaban J connectivity index is 1.62. The fraction of sp³-hybridized carbons (Fsp3) is 0.318. The number of anilines is 2. The van der Waals surface area contributed by atoms with Crippen LogP contribution in [0.5, 0.6) is 0 Å². The summed E-state index contributed by atoms with van der Waals surface area (Å²) in [5.41, 5.74) is 12.8. The third-order valence-electron chi connectivity index (χ3n) is 5.38. The average Bonchev–Trinajstić information content (AvgIpc) is 3.08. The summed E-state index contributed by atoms with van der Waals surface area (Å²) in [6.07, 6.45) is 5.21. The number of likely N-dealkylation sites (N-methyl/N-ethyl adjacent to an activating group) is 1. The number of benzene rings is 2. The van der Waals surface area contributed by atoms with Crippen LogP contribution in [-0.4, -0.2) is 48.3 Å². The first-order valence-corrected chi connectivity index (χ1v) is 9.62. The molecule has 1 aliphatic rings. The molecule has 0 atom stereocenters. The van der Waals surface area contributed by atoms with Gasteiger partial charge >= 0.3 is 0 Å². The molecule has 1 saturated heterocycles. The lowest BCUT2D eigenvalue weighted by Crippen LogP contribution is -2.44. The van der Waals surface area contributed by atoms with Crippen LogP contribution >= 0.6 is 0 Å². The van der Waals surface area contributed by atoms with Gasteiger partial charge in [0.1, 0.15) is 0 Å². The lowest BCUT2D eigenvalue weighted by atomic mass is 10.1. The predicted molar refractivity (Wildman–Crippen MR) is 115 cm³/mol. The molecule has 27 heavy (non-hydrogen) atoms. The standard InChI is InChI=1S/C22H27N5/c1-3-16-5-4-6-17(13-16)7-8-20-18-14-19(23)22(15-21(18)25-24-20)27-11-9-26(2)10-12-27/h4-8,13-15H,3,9-12,23H2,1-2H3,(H,24,25)/b8-7+. The van der Waals surface area contributed by atoms with Crippen LogP contribution in [0.25, 0.3) is 23.1 Å². The second kappa shape index (κ2) is 7.45. The van der Waals surface area contributed by atoms with Crippen molar-refractivity contribution in [1.29, 1.82) is 0 Å². The van der Waals surface area contributed by atoms with Gasteiger partial charge < -0.3 is 15.5 Å². The minimum atomic E-state index is 0.816. The highest BCUT2D eigenvalue weighted by molar-refractivity contribution is 5.95. The van der Waals surface area contributed by atoms with Gasteiger partial charge in [-0.3, -0.25) is 5.10 Å². The highest BCUT2D eigenvalue weighted by Gasteiger charge is 2.18. The summed E-state index contributed by atoms with van der Waals surface area (Å²) < 4.78 is 0. The van der Waals surface area contributed by atoms with E-state index in [1.807, 2.05) is 0 Å². The quantitative estimate of drug-likeness (QED) is 0.697. The van der Waals surface area contributed by atoms with E-state index in [0.717, 1.165) is 60.6 Å². The van der Waals surface area contributed by atoms with Gasteiger partial charge in [0, 0.05) is 31.6 Å². The molecule has 0 radical (unpaired) electrons. The van der Waals surface area contributed by atoms with E-state index in [2.05, 4.69) is 82.5 Å². The van der Waals surface area contributed by atoms with Crippen LogP contribution in [0.15, 0.2) is 36.4 Å². The van der Waals surface area contributed by atoms with Crippen molar-refractivity contribution in [2.24, 2.45) is 0 Å². The van der Waals surface area contributed by atoms with Gasteiger partial charge in [-0.15, -0.1) is 0 Å². The molecule has 140 valence electrons. The van der Waals surface area contributed by atoms with Gasteiger partial charge in [0.25, 0.3) is 0 Å². The van der Waals surface area contributed by atoms with Gasteiger partial charge in [-0.2, -0.15) is 5.10 Å². The maximum Gasteiger partial charge on any atom is 0.0928 e. The molecule has 0 aliphatic carbocycles.